The van der Waals surface area contributed by atoms with Crippen LogP contribution in [0.3, 0.4) is 0 Å². The Labute approximate surface area is 137 Å². The zero-order valence-corrected chi connectivity index (χ0v) is 14.0. The molecule has 21 heavy (non-hydrogen) atoms. The minimum absolute atomic E-state index is 0. The number of aryl methyl sites for hydroxylation is 1. The van der Waals surface area contributed by atoms with Crippen LogP contribution in [0.5, 0.6) is 0 Å². The van der Waals surface area contributed by atoms with E-state index in [1.807, 2.05) is 49.7 Å². The van der Waals surface area contributed by atoms with Gasteiger partial charge in [0.15, 0.2) is 0 Å². The number of para-hydroxylation sites is 2. The van der Waals surface area contributed by atoms with Crippen LogP contribution in [-0.4, -0.2) is 21.5 Å². The number of benzene rings is 1. The first-order valence-electron chi connectivity index (χ1n) is 6.44. The molecule has 0 spiro atoms. The van der Waals surface area contributed by atoms with Gasteiger partial charge in [0.25, 0.3) is 0 Å². The lowest BCUT2D eigenvalue weighted by atomic mass is 10.1. The number of rotatable bonds is 4. The standard InChI is InChI=1S/C14H20N4O.2ClH/c1-9(2)13(15)14(19)16-8-12-17-10-6-4-5-7-11(10)18(12)3;;/h4-7,9,13H,8,15H2,1-3H3,(H,16,19);2*1H/t13-;;/m0../s1. The highest BCUT2D eigenvalue weighted by molar-refractivity contribution is 5.85. The zero-order chi connectivity index (χ0) is 14.0. The Hall–Kier alpha value is -1.30. The summed E-state index contributed by atoms with van der Waals surface area (Å²) in [7, 11) is 1.94. The van der Waals surface area contributed by atoms with Gasteiger partial charge in [-0.05, 0) is 18.1 Å². The molecule has 0 unspecified atom stereocenters. The van der Waals surface area contributed by atoms with Crippen molar-refractivity contribution in [2.24, 2.45) is 18.7 Å². The Morgan fingerprint density at radius 3 is 2.52 bits per heavy atom. The van der Waals surface area contributed by atoms with E-state index in [9.17, 15) is 4.79 Å². The third kappa shape index (κ3) is 4.33. The Balaban J connectivity index is 0.00000200. The first-order valence-corrected chi connectivity index (χ1v) is 6.44. The summed E-state index contributed by atoms with van der Waals surface area (Å²) in [5.74, 6) is 0.813. The smallest absolute Gasteiger partial charge is 0.237 e. The first kappa shape index (κ1) is 19.7. The third-order valence-corrected chi connectivity index (χ3v) is 3.32. The molecule has 0 fully saturated rings. The number of hydrogen-bond donors (Lipinski definition) is 2. The second-order valence-corrected chi connectivity index (χ2v) is 5.06. The molecule has 7 heteroatoms. The van der Waals surface area contributed by atoms with Crippen LogP contribution in [0.25, 0.3) is 11.0 Å². The normalized spacial score (nSPS) is 11.7. The van der Waals surface area contributed by atoms with E-state index < -0.39 is 6.04 Å². The van der Waals surface area contributed by atoms with Gasteiger partial charge in [-0.2, -0.15) is 0 Å². The number of aromatic nitrogens is 2. The summed E-state index contributed by atoms with van der Waals surface area (Å²) in [6.07, 6.45) is 0. The van der Waals surface area contributed by atoms with Crippen molar-refractivity contribution in [1.82, 2.24) is 14.9 Å². The second-order valence-electron chi connectivity index (χ2n) is 5.06. The van der Waals surface area contributed by atoms with Gasteiger partial charge in [-0.3, -0.25) is 4.79 Å². The van der Waals surface area contributed by atoms with Crippen LogP contribution < -0.4 is 11.1 Å². The molecule has 2 aromatic rings. The fourth-order valence-corrected chi connectivity index (χ4v) is 1.94. The van der Waals surface area contributed by atoms with Crippen LogP contribution in [0.15, 0.2) is 24.3 Å². The average Bonchev–Trinajstić information content (AvgIpc) is 2.72. The molecule has 1 aromatic heterocycles. The molecule has 0 bridgehead atoms. The average molecular weight is 333 g/mol. The quantitative estimate of drug-likeness (QED) is 0.899. The van der Waals surface area contributed by atoms with Crippen molar-refractivity contribution < 1.29 is 4.79 Å². The van der Waals surface area contributed by atoms with Gasteiger partial charge in [-0.15, -0.1) is 24.8 Å². The van der Waals surface area contributed by atoms with Crippen LogP contribution >= 0.6 is 24.8 Å². The highest BCUT2D eigenvalue weighted by Crippen LogP contribution is 2.13. The Morgan fingerprint density at radius 2 is 1.95 bits per heavy atom. The highest BCUT2D eigenvalue weighted by atomic mass is 35.5. The van der Waals surface area contributed by atoms with E-state index in [0.717, 1.165) is 16.9 Å². The molecule has 1 heterocycles. The van der Waals surface area contributed by atoms with E-state index >= 15 is 0 Å². The molecule has 2 rings (SSSR count). The largest absolute Gasteiger partial charge is 0.348 e. The minimum atomic E-state index is -0.477. The molecule has 0 saturated carbocycles. The van der Waals surface area contributed by atoms with E-state index in [4.69, 9.17) is 5.73 Å². The fraction of sp³-hybridized carbons (Fsp3) is 0.429. The molecule has 0 aliphatic rings. The van der Waals surface area contributed by atoms with Crippen LogP contribution in [-0.2, 0) is 18.4 Å². The minimum Gasteiger partial charge on any atom is -0.348 e. The van der Waals surface area contributed by atoms with Gasteiger partial charge < -0.3 is 15.6 Å². The molecule has 1 atom stereocenters. The summed E-state index contributed by atoms with van der Waals surface area (Å²) in [6.45, 7) is 4.25. The fourth-order valence-electron chi connectivity index (χ4n) is 1.94. The lowest BCUT2D eigenvalue weighted by Gasteiger charge is -2.15. The summed E-state index contributed by atoms with van der Waals surface area (Å²) < 4.78 is 1.98. The number of carbonyl (C=O) groups is 1. The highest BCUT2D eigenvalue weighted by Gasteiger charge is 2.17. The molecule has 3 N–H and O–H groups in total. The number of nitrogens with zero attached hydrogens (tertiary/aromatic N) is 2. The molecule has 0 radical (unpaired) electrons. The summed E-state index contributed by atoms with van der Waals surface area (Å²) >= 11 is 0. The van der Waals surface area contributed by atoms with Gasteiger partial charge in [-0.1, -0.05) is 26.0 Å². The lowest BCUT2D eigenvalue weighted by Crippen LogP contribution is -2.43. The van der Waals surface area contributed by atoms with Crippen molar-refractivity contribution >= 4 is 41.8 Å². The first-order chi connectivity index (χ1) is 9.00. The van der Waals surface area contributed by atoms with Gasteiger partial charge in [0, 0.05) is 7.05 Å². The predicted molar refractivity (Wildman–Crippen MR) is 89.9 cm³/mol. The van der Waals surface area contributed by atoms with Crippen molar-refractivity contribution in [3.63, 3.8) is 0 Å². The van der Waals surface area contributed by atoms with E-state index in [1.165, 1.54) is 0 Å². The third-order valence-electron chi connectivity index (χ3n) is 3.32. The van der Waals surface area contributed by atoms with E-state index in [2.05, 4.69) is 10.3 Å². The van der Waals surface area contributed by atoms with Crippen LogP contribution in [0.2, 0.25) is 0 Å². The summed E-state index contributed by atoms with van der Waals surface area (Å²) in [5, 5.41) is 2.83. The SMILES string of the molecule is CC(C)[C@H](N)C(=O)NCc1nc2ccccc2n1C.Cl.Cl. The lowest BCUT2D eigenvalue weighted by molar-refractivity contribution is -0.123. The van der Waals surface area contributed by atoms with Crippen molar-refractivity contribution in [3.8, 4) is 0 Å². The van der Waals surface area contributed by atoms with Gasteiger partial charge in [-0.25, -0.2) is 4.98 Å². The Kier molecular flexibility index (Phi) is 7.71. The predicted octanol–water partition coefficient (Wildman–Crippen LogP) is 2.02. The van der Waals surface area contributed by atoms with E-state index in [-0.39, 0.29) is 36.6 Å². The van der Waals surface area contributed by atoms with Crippen LogP contribution in [0.4, 0.5) is 0 Å². The summed E-state index contributed by atoms with van der Waals surface area (Å²) in [5.41, 5.74) is 7.79. The number of nitrogens with one attached hydrogen (secondary N) is 1. The number of amides is 1. The van der Waals surface area contributed by atoms with Gasteiger partial charge in [0.05, 0.1) is 23.6 Å². The maximum Gasteiger partial charge on any atom is 0.237 e. The summed E-state index contributed by atoms with van der Waals surface area (Å²) in [6, 6.07) is 7.41. The molecule has 5 nitrogen and oxygen atoms in total. The maximum atomic E-state index is 11.8. The van der Waals surface area contributed by atoms with Gasteiger partial charge in [0.2, 0.25) is 5.91 Å². The molecular weight excluding hydrogens is 311 g/mol. The summed E-state index contributed by atoms with van der Waals surface area (Å²) in [4.78, 5) is 16.3. The number of imidazole rings is 1. The molecule has 1 amide bonds. The monoisotopic (exact) mass is 332 g/mol. The van der Waals surface area contributed by atoms with Crippen molar-refractivity contribution in [2.45, 2.75) is 26.4 Å². The van der Waals surface area contributed by atoms with Crippen LogP contribution in [0, 0.1) is 5.92 Å². The number of hydrogen-bond acceptors (Lipinski definition) is 3. The topological polar surface area (TPSA) is 72.9 Å². The maximum absolute atomic E-state index is 11.8. The van der Waals surface area contributed by atoms with E-state index in [1.54, 1.807) is 0 Å². The number of halogens is 2. The molecule has 0 aliphatic heterocycles. The second kappa shape index (κ2) is 8.22. The number of fused-ring (bicyclic) bond motifs is 1. The van der Waals surface area contributed by atoms with Gasteiger partial charge in [0.1, 0.15) is 5.82 Å². The molecule has 1 aromatic carbocycles. The Bertz CT molecular complexity index is 598. The van der Waals surface area contributed by atoms with Crippen molar-refractivity contribution in [3.05, 3.63) is 30.1 Å². The van der Waals surface area contributed by atoms with E-state index in [0.29, 0.717) is 6.54 Å². The van der Waals surface area contributed by atoms with Gasteiger partial charge >= 0.3 is 0 Å². The molecular formula is C14H22Cl2N4O. The Morgan fingerprint density at radius 1 is 1.33 bits per heavy atom. The molecule has 0 saturated heterocycles. The molecule has 118 valence electrons. The molecule has 0 aliphatic carbocycles. The van der Waals surface area contributed by atoms with Crippen molar-refractivity contribution in [2.75, 3.05) is 0 Å². The van der Waals surface area contributed by atoms with Crippen molar-refractivity contribution in [1.29, 1.82) is 0 Å². The number of carbonyl (C=O) groups excluding carboxylic acids is 1. The number of nitrogens with two attached hydrogens (primary N) is 1. The zero-order valence-electron chi connectivity index (χ0n) is 12.4. The van der Waals surface area contributed by atoms with Crippen LogP contribution in [0.1, 0.15) is 19.7 Å².